The van der Waals surface area contributed by atoms with Gasteiger partial charge in [-0.1, -0.05) is 44.2 Å². The molecule has 30 heavy (non-hydrogen) atoms. The van der Waals surface area contributed by atoms with E-state index < -0.39 is 0 Å². The smallest absolute Gasteiger partial charge is 0.191 e. The van der Waals surface area contributed by atoms with E-state index >= 15 is 0 Å². The molecule has 0 saturated carbocycles. The standard InChI is InChI=1S/C24H37N5S/c1-24(2,22-7-5-16-30-22)19-27-23(25-3)26-17-20-8-10-21(11-9-20)18-29-13-6-12-28(4)14-15-29/h5,7-11,16H,6,12-15,17-19H2,1-4H3,(H2,25,26,27). The number of hydrogen-bond acceptors (Lipinski definition) is 4. The predicted molar refractivity (Wildman–Crippen MR) is 129 cm³/mol. The number of thiophene rings is 1. The van der Waals surface area contributed by atoms with Gasteiger partial charge in [0.05, 0.1) is 0 Å². The second-order valence-corrected chi connectivity index (χ2v) is 9.84. The minimum absolute atomic E-state index is 0.0789. The topological polar surface area (TPSA) is 42.9 Å². The van der Waals surface area contributed by atoms with E-state index in [1.54, 1.807) is 0 Å². The Bertz CT molecular complexity index is 782. The molecule has 2 heterocycles. The quantitative estimate of drug-likeness (QED) is 0.524. The number of hydrogen-bond donors (Lipinski definition) is 2. The maximum atomic E-state index is 4.38. The second kappa shape index (κ2) is 10.9. The highest BCUT2D eigenvalue weighted by atomic mass is 32.1. The van der Waals surface area contributed by atoms with E-state index in [4.69, 9.17) is 0 Å². The summed E-state index contributed by atoms with van der Waals surface area (Å²) in [7, 11) is 4.05. The highest BCUT2D eigenvalue weighted by molar-refractivity contribution is 7.10. The Balaban J connectivity index is 1.45. The molecule has 164 valence electrons. The van der Waals surface area contributed by atoms with E-state index in [1.807, 2.05) is 18.4 Å². The molecule has 2 N–H and O–H groups in total. The SMILES string of the molecule is CN=C(NCc1ccc(CN2CCCN(C)CC2)cc1)NCC(C)(C)c1cccs1. The van der Waals surface area contributed by atoms with E-state index in [0.29, 0.717) is 0 Å². The number of likely N-dealkylation sites (N-methyl/N-ethyl adjacent to an activating group) is 1. The van der Waals surface area contributed by atoms with Crippen molar-refractivity contribution in [2.24, 2.45) is 4.99 Å². The van der Waals surface area contributed by atoms with Crippen molar-refractivity contribution in [3.63, 3.8) is 0 Å². The Labute approximate surface area is 186 Å². The molecule has 1 aromatic carbocycles. The molecule has 3 rings (SSSR count). The zero-order valence-corrected chi connectivity index (χ0v) is 19.8. The minimum atomic E-state index is 0.0789. The number of guanidine groups is 1. The fraction of sp³-hybridized carbons (Fsp3) is 0.542. The van der Waals surface area contributed by atoms with Crippen LogP contribution in [0.3, 0.4) is 0 Å². The molecular formula is C24H37N5S. The molecule has 1 aliphatic heterocycles. The van der Waals surface area contributed by atoms with Crippen LogP contribution in [0.5, 0.6) is 0 Å². The third-order valence-corrected chi connectivity index (χ3v) is 7.05. The molecule has 0 bridgehead atoms. The largest absolute Gasteiger partial charge is 0.356 e. The van der Waals surface area contributed by atoms with Crippen molar-refractivity contribution in [2.45, 2.75) is 38.8 Å². The highest BCUT2D eigenvalue weighted by Crippen LogP contribution is 2.26. The van der Waals surface area contributed by atoms with Crippen LogP contribution in [-0.4, -0.2) is 62.6 Å². The van der Waals surface area contributed by atoms with Crippen LogP contribution in [0.2, 0.25) is 0 Å². The van der Waals surface area contributed by atoms with E-state index in [0.717, 1.165) is 38.7 Å². The molecule has 2 aromatic rings. The average Bonchev–Trinajstić information content (AvgIpc) is 3.22. The van der Waals surface area contributed by atoms with E-state index in [2.05, 4.69) is 88.1 Å². The van der Waals surface area contributed by atoms with Crippen molar-refractivity contribution in [3.8, 4) is 0 Å². The van der Waals surface area contributed by atoms with Gasteiger partial charge in [-0.15, -0.1) is 11.3 Å². The Hall–Kier alpha value is -1.89. The molecule has 1 aromatic heterocycles. The summed E-state index contributed by atoms with van der Waals surface area (Å²) in [5.41, 5.74) is 2.74. The van der Waals surface area contributed by atoms with Crippen LogP contribution < -0.4 is 10.6 Å². The Morgan fingerprint density at radius 2 is 1.80 bits per heavy atom. The number of nitrogens with zero attached hydrogens (tertiary/aromatic N) is 3. The van der Waals surface area contributed by atoms with Gasteiger partial charge in [0.2, 0.25) is 0 Å². The van der Waals surface area contributed by atoms with Gasteiger partial charge in [0.1, 0.15) is 0 Å². The monoisotopic (exact) mass is 427 g/mol. The van der Waals surface area contributed by atoms with Crippen molar-refractivity contribution in [2.75, 3.05) is 46.8 Å². The van der Waals surface area contributed by atoms with Gasteiger partial charge in [0.15, 0.2) is 5.96 Å². The highest BCUT2D eigenvalue weighted by Gasteiger charge is 2.21. The Morgan fingerprint density at radius 1 is 1.03 bits per heavy atom. The molecule has 6 heteroatoms. The zero-order valence-electron chi connectivity index (χ0n) is 18.9. The molecule has 1 saturated heterocycles. The van der Waals surface area contributed by atoms with E-state index in [1.165, 1.54) is 35.5 Å². The van der Waals surface area contributed by atoms with Crippen molar-refractivity contribution in [1.82, 2.24) is 20.4 Å². The van der Waals surface area contributed by atoms with Crippen LogP contribution in [0, 0.1) is 0 Å². The van der Waals surface area contributed by atoms with Crippen LogP contribution in [0.25, 0.3) is 0 Å². The summed E-state index contributed by atoms with van der Waals surface area (Å²) >= 11 is 1.81. The van der Waals surface area contributed by atoms with Gasteiger partial charge < -0.3 is 15.5 Å². The lowest BCUT2D eigenvalue weighted by molar-refractivity contribution is 0.269. The van der Waals surface area contributed by atoms with Crippen molar-refractivity contribution in [3.05, 3.63) is 57.8 Å². The molecule has 0 radical (unpaired) electrons. The second-order valence-electron chi connectivity index (χ2n) is 8.89. The molecule has 0 spiro atoms. The Morgan fingerprint density at radius 3 is 2.50 bits per heavy atom. The maximum absolute atomic E-state index is 4.38. The van der Waals surface area contributed by atoms with Crippen LogP contribution >= 0.6 is 11.3 Å². The van der Waals surface area contributed by atoms with E-state index in [9.17, 15) is 0 Å². The number of rotatable bonds is 7. The van der Waals surface area contributed by atoms with Crippen molar-refractivity contribution in [1.29, 1.82) is 0 Å². The summed E-state index contributed by atoms with van der Waals surface area (Å²) in [6.45, 7) is 11.9. The molecular weight excluding hydrogens is 390 g/mol. The molecule has 0 aliphatic carbocycles. The predicted octanol–water partition coefficient (Wildman–Crippen LogP) is 3.53. The molecule has 5 nitrogen and oxygen atoms in total. The summed E-state index contributed by atoms with van der Waals surface area (Å²) in [6.07, 6.45) is 1.26. The summed E-state index contributed by atoms with van der Waals surface area (Å²) < 4.78 is 0. The number of aliphatic imine (C=N–C) groups is 1. The van der Waals surface area contributed by atoms with Gasteiger partial charge in [-0.2, -0.15) is 0 Å². The Kier molecular flexibility index (Phi) is 8.31. The molecule has 0 unspecified atom stereocenters. The first kappa shape index (κ1) is 22.8. The number of benzene rings is 1. The van der Waals surface area contributed by atoms with Crippen LogP contribution in [0.1, 0.15) is 36.3 Å². The van der Waals surface area contributed by atoms with Crippen molar-refractivity contribution < 1.29 is 0 Å². The minimum Gasteiger partial charge on any atom is -0.356 e. The van der Waals surface area contributed by atoms with E-state index in [-0.39, 0.29) is 5.41 Å². The number of nitrogens with one attached hydrogen (secondary N) is 2. The lowest BCUT2D eigenvalue weighted by atomic mass is 9.91. The maximum Gasteiger partial charge on any atom is 0.191 e. The van der Waals surface area contributed by atoms with Crippen molar-refractivity contribution >= 4 is 17.3 Å². The molecule has 1 fully saturated rings. The summed E-state index contributed by atoms with van der Waals surface area (Å²) in [5, 5.41) is 9.06. The average molecular weight is 428 g/mol. The van der Waals surface area contributed by atoms with Gasteiger partial charge in [-0.05, 0) is 49.1 Å². The third kappa shape index (κ3) is 6.83. The molecule has 0 amide bonds. The summed E-state index contributed by atoms with van der Waals surface area (Å²) in [6, 6.07) is 13.3. The normalized spacial score (nSPS) is 17.0. The van der Waals surface area contributed by atoms with Crippen LogP contribution in [-0.2, 0) is 18.5 Å². The summed E-state index contributed by atoms with van der Waals surface area (Å²) in [4.78, 5) is 10.8. The summed E-state index contributed by atoms with van der Waals surface area (Å²) in [5.74, 6) is 0.845. The fourth-order valence-corrected chi connectivity index (χ4v) is 4.59. The fourth-order valence-electron chi connectivity index (χ4n) is 3.74. The van der Waals surface area contributed by atoms with Gasteiger partial charge in [-0.3, -0.25) is 9.89 Å². The van der Waals surface area contributed by atoms with Gasteiger partial charge in [0, 0.05) is 50.1 Å². The van der Waals surface area contributed by atoms with Gasteiger partial charge in [-0.25, -0.2) is 0 Å². The lowest BCUT2D eigenvalue weighted by Crippen LogP contribution is -2.42. The molecule has 0 atom stereocenters. The van der Waals surface area contributed by atoms with Gasteiger partial charge in [0.25, 0.3) is 0 Å². The van der Waals surface area contributed by atoms with Crippen LogP contribution in [0.15, 0.2) is 46.8 Å². The van der Waals surface area contributed by atoms with Crippen LogP contribution in [0.4, 0.5) is 0 Å². The lowest BCUT2D eigenvalue weighted by Gasteiger charge is -2.25. The van der Waals surface area contributed by atoms with Gasteiger partial charge >= 0.3 is 0 Å². The first-order valence-electron chi connectivity index (χ1n) is 10.9. The first-order chi connectivity index (χ1) is 14.5. The molecule has 1 aliphatic rings. The zero-order chi connectivity index (χ0) is 21.4. The first-order valence-corrected chi connectivity index (χ1v) is 11.8. The third-order valence-electron chi connectivity index (χ3n) is 5.81.